The summed E-state index contributed by atoms with van der Waals surface area (Å²) in [5.74, 6) is -1.94. The summed E-state index contributed by atoms with van der Waals surface area (Å²) >= 11 is 5.88. The zero-order chi connectivity index (χ0) is 20.2. The summed E-state index contributed by atoms with van der Waals surface area (Å²) in [5, 5.41) is 5.38. The van der Waals surface area contributed by atoms with E-state index in [1.165, 1.54) is 26.3 Å². The predicted molar refractivity (Wildman–Crippen MR) is 90.8 cm³/mol. The van der Waals surface area contributed by atoms with E-state index in [9.17, 15) is 22.8 Å². The first kappa shape index (κ1) is 20.4. The van der Waals surface area contributed by atoms with Crippen molar-refractivity contribution in [3.05, 3.63) is 52.1 Å². The Kier molecular flexibility index (Phi) is 6.21. The lowest BCUT2D eigenvalue weighted by molar-refractivity contribution is -0.137. The molecule has 0 aliphatic rings. The van der Waals surface area contributed by atoms with Crippen LogP contribution in [0.25, 0.3) is 0 Å². The van der Waals surface area contributed by atoms with Gasteiger partial charge in [0.25, 0.3) is 5.91 Å². The molecule has 0 saturated heterocycles. The molecule has 1 amide bonds. The SMILES string of the molecule is CO/N=C\NC(=O)c1cc(C(=O)[C@H](C)c2ncc(C(F)(F)F)cc2Cl)c[nH]1. The van der Waals surface area contributed by atoms with E-state index in [1.807, 2.05) is 0 Å². The Hall–Kier alpha value is -2.88. The van der Waals surface area contributed by atoms with Crippen LogP contribution in [0.2, 0.25) is 5.02 Å². The molecule has 2 aromatic heterocycles. The molecule has 0 aliphatic heterocycles. The molecule has 1 atom stereocenters. The quantitative estimate of drug-likeness (QED) is 0.335. The third-order valence-electron chi connectivity index (χ3n) is 3.57. The van der Waals surface area contributed by atoms with Crippen molar-refractivity contribution in [2.75, 3.05) is 7.11 Å². The Morgan fingerprint density at radius 1 is 1.41 bits per heavy atom. The average molecular weight is 403 g/mol. The van der Waals surface area contributed by atoms with Gasteiger partial charge >= 0.3 is 6.18 Å². The van der Waals surface area contributed by atoms with Crippen molar-refractivity contribution >= 4 is 29.6 Å². The van der Waals surface area contributed by atoms with Gasteiger partial charge in [-0.05, 0) is 19.1 Å². The molecule has 2 rings (SSSR count). The van der Waals surface area contributed by atoms with Gasteiger partial charge in [0.1, 0.15) is 19.1 Å². The van der Waals surface area contributed by atoms with Gasteiger partial charge in [-0.15, -0.1) is 0 Å². The molecule has 144 valence electrons. The van der Waals surface area contributed by atoms with Gasteiger partial charge in [-0.2, -0.15) is 13.2 Å². The number of carbonyl (C=O) groups is 2. The van der Waals surface area contributed by atoms with E-state index in [2.05, 4.69) is 25.3 Å². The summed E-state index contributed by atoms with van der Waals surface area (Å²) in [6, 6.07) is 2.02. The van der Waals surface area contributed by atoms with E-state index in [1.54, 1.807) is 0 Å². The molecule has 11 heteroatoms. The van der Waals surface area contributed by atoms with Gasteiger partial charge in [0.2, 0.25) is 0 Å². The van der Waals surface area contributed by atoms with Crippen molar-refractivity contribution < 1.29 is 27.6 Å². The van der Waals surface area contributed by atoms with Crippen LogP contribution in [0.5, 0.6) is 0 Å². The van der Waals surface area contributed by atoms with E-state index in [-0.39, 0.29) is 22.0 Å². The number of ketones is 1. The monoisotopic (exact) mass is 402 g/mol. The second kappa shape index (κ2) is 8.21. The van der Waals surface area contributed by atoms with Gasteiger partial charge in [-0.3, -0.25) is 14.6 Å². The number of pyridine rings is 1. The fourth-order valence-corrected chi connectivity index (χ4v) is 2.51. The molecule has 27 heavy (non-hydrogen) atoms. The molecule has 2 heterocycles. The number of alkyl halides is 3. The second-order valence-corrected chi connectivity index (χ2v) is 5.77. The van der Waals surface area contributed by atoms with Gasteiger partial charge in [-0.25, -0.2) is 0 Å². The third kappa shape index (κ3) is 4.85. The third-order valence-corrected chi connectivity index (χ3v) is 3.87. The minimum atomic E-state index is -4.59. The summed E-state index contributed by atoms with van der Waals surface area (Å²) in [5.41, 5.74) is -0.767. The Balaban J connectivity index is 2.18. The molecule has 0 bridgehead atoms. The maximum absolute atomic E-state index is 12.7. The highest BCUT2D eigenvalue weighted by molar-refractivity contribution is 6.31. The topological polar surface area (TPSA) is 96.4 Å². The van der Waals surface area contributed by atoms with E-state index >= 15 is 0 Å². The molecule has 0 saturated carbocycles. The number of nitrogens with one attached hydrogen (secondary N) is 2. The lowest BCUT2D eigenvalue weighted by Gasteiger charge is -2.13. The van der Waals surface area contributed by atoms with Crippen LogP contribution in [0.3, 0.4) is 0 Å². The van der Waals surface area contributed by atoms with Crippen molar-refractivity contribution in [2.45, 2.75) is 19.0 Å². The largest absolute Gasteiger partial charge is 0.417 e. The van der Waals surface area contributed by atoms with Crippen LogP contribution in [0, 0.1) is 0 Å². The van der Waals surface area contributed by atoms with Crippen LogP contribution >= 0.6 is 11.6 Å². The molecular formula is C16H14ClF3N4O3. The molecule has 7 nitrogen and oxygen atoms in total. The number of Topliss-reactive ketones (excluding diaryl/α,β-unsaturated/α-hetero) is 1. The molecule has 0 radical (unpaired) electrons. The van der Waals surface area contributed by atoms with Gasteiger partial charge in [0.15, 0.2) is 5.78 Å². The van der Waals surface area contributed by atoms with Gasteiger partial charge in [0.05, 0.1) is 22.2 Å². The van der Waals surface area contributed by atoms with E-state index in [0.29, 0.717) is 6.20 Å². The molecule has 0 unspecified atom stereocenters. The first-order valence-electron chi connectivity index (χ1n) is 7.46. The van der Waals surface area contributed by atoms with Gasteiger partial charge < -0.3 is 15.1 Å². The summed E-state index contributed by atoms with van der Waals surface area (Å²) in [6.45, 7) is 1.46. The lowest BCUT2D eigenvalue weighted by Crippen LogP contribution is -2.21. The molecule has 0 fully saturated rings. The minimum absolute atomic E-state index is 0.00842. The van der Waals surface area contributed by atoms with E-state index < -0.39 is 29.3 Å². The molecule has 0 aromatic carbocycles. The Bertz CT molecular complexity index is 880. The number of H-pyrrole nitrogens is 1. The van der Waals surface area contributed by atoms with Crippen LogP contribution in [0.15, 0.2) is 29.7 Å². The zero-order valence-electron chi connectivity index (χ0n) is 14.1. The number of carbonyl (C=O) groups excluding carboxylic acids is 2. The van der Waals surface area contributed by atoms with E-state index in [4.69, 9.17) is 11.6 Å². The molecule has 2 aromatic rings. The van der Waals surface area contributed by atoms with Crippen LogP contribution in [0.4, 0.5) is 13.2 Å². The number of aromatic nitrogens is 2. The number of amides is 1. The van der Waals surface area contributed by atoms with Crippen molar-refractivity contribution in [3.63, 3.8) is 0 Å². The van der Waals surface area contributed by atoms with Crippen LogP contribution in [0.1, 0.15) is 44.9 Å². The number of aromatic amines is 1. The Labute approximate surface area is 156 Å². The van der Waals surface area contributed by atoms with Crippen molar-refractivity contribution in [3.8, 4) is 0 Å². The number of nitrogens with zero attached hydrogens (tertiary/aromatic N) is 2. The Morgan fingerprint density at radius 3 is 2.70 bits per heavy atom. The summed E-state index contributed by atoms with van der Waals surface area (Å²) < 4.78 is 38.1. The maximum Gasteiger partial charge on any atom is 0.417 e. The van der Waals surface area contributed by atoms with Crippen molar-refractivity contribution in [1.29, 1.82) is 0 Å². The summed E-state index contributed by atoms with van der Waals surface area (Å²) in [7, 11) is 1.30. The Morgan fingerprint density at radius 2 is 2.11 bits per heavy atom. The average Bonchev–Trinajstić information content (AvgIpc) is 3.10. The van der Waals surface area contributed by atoms with Crippen molar-refractivity contribution in [1.82, 2.24) is 15.3 Å². The summed E-state index contributed by atoms with van der Waals surface area (Å²) in [6.07, 6.45) is -1.63. The fourth-order valence-electron chi connectivity index (χ4n) is 2.18. The molecule has 2 N–H and O–H groups in total. The standard InChI is InChI=1S/C16H14ClF3N4O3/c1-8(13-11(17)4-10(6-22-13)16(18,19)20)14(25)9-3-12(21-5-9)15(26)23-7-24-27-2/h3-8,21H,1-2H3,(H,23,24,26)/t8-/m1/s1. The van der Waals surface area contributed by atoms with Crippen molar-refractivity contribution in [2.24, 2.45) is 5.16 Å². The number of hydrogen-bond acceptors (Lipinski definition) is 5. The van der Waals surface area contributed by atoms with Crippen LogP contribution < -0.4 is 5.32 Å². The smallest absolute Gasteiger partial charge is 0.398 e. The number of halogens is 4. The highest BCUT2D eigenvalue weighted by Crippen LogP contribution is 2.33. The molecular weight excluding hydrogens is 389 g/mol. The molecule has 0 aliphatic carbocycles. The lowest BCUT2D eigenvalue weighted by atomic mass is 9.97. The molecule has 0 spiro atoms. The maximum atomic E-state index is 12.7. The number of hydrogen-bond donors (Lipinski definition) is 2. The van der Waals surface area contributed by atoms with Crippen LogP contribution in [-0.2, 0) is 11.0 Å². The first-order valence-corrected chi connectivity index (χ1v) is 7.84. The predicted octanol–water partition coefficient (Wildman–Crippen LogP) is 3.39. The highest BCUT2D eigenvalue weighted by Gasteiger charge is 2.32. The number of oxime groups is 1. The van der Waals surface area contributed by atoms with Gasteiger partial charge in [0, 0.05) is 18.0 Å². The summed E-state index contributed by atoms with van der Waals surface area (Å²) in [4.78, 5) is 35.1. The van der Waals surface area contributed by atoms with Gasteiger partial charge in [-0.1, -0.05) is 16.8 Å². The minimum Gasteiger partial charge on any atom is -0.398 e. The second-order valence-electron chi connectivity index (χ2n) is 5.37. The normalized spacial score (nSPS) is 12.8. The van der Waals surface area contributed by atoms with Crippen LogP contribution in [-0.4, -0.2) is 35.1 Å². The number of rotatable bonds is 6. The van der Waals surface area contributed by atoms with E-state index in [0.717, 1.165) is 12.4 Å². The zero-order valence-corrected chi connectivity index (χ0v) is 14.9. The first-order chi connectivity index (χ1) is 12.6. The fraction of sp³-hybridized carbons (Fsp3) is 0.250. The highest BCUT2D eigenvalue weighted by atomic mass is 35.5.